The third kappa shape index (κ3) is 3.15. The predicted molar refractivity (Wildman–Crippen MR) is 96.5 cm³/mol. The Kier molecular flexibility index (Phi) is 4.22. The molecule has 0 radical (unpaired) electrons. The number of carbonyl (C=O) groups is 1. The molecule has 7 heteroatoms. The minimum absolute atomic E-state index is 0.0925. The summed E-state index contributed by atoms with van der Waals surface area (Å²) >= 11 is 0. The number of carboxylic acids is 1. The molecule has 0 fully saturated rings. The lowest BCUT2D eigenvalue weighted by Gasteiger charge is -2.27. The summed E-state index contributed by atoms with van der Waals surface area (Å²) in [5.41, 5.74) is -0.748. The molecule has 1 heterocycles. The third-order valence-corrected chi connectivity index (χ3v) is 4.37. The molecule has 4 rings (SSSR count). The van der Waals surface area contributed by atoms with Gasteiger partial charge < -0.3 is 14.6 Å². The quantitative estimate of drug-likeness (QED) is 0.653. The van der Waals surface area contributed by atoms with Crippen LogP contribution in [0.15, 0.2) is 66.2 Å². The molecule has 0 spiro atoms. The van der Waals surface area contributed by atoms with Crippen molar-refractivity contribution in [3.63, 3.8) is 0 Å². The lowest BCUT2D eigenvalue weighted by molar-refractivity contribution is -0.187. The van der Waals surface area contributed by atoms with Crippen LogP contribution in [0.3, 0.4) is 0 Å². The number of carboxylic acid groups (broad SMARTS) is 1. The number of benzene rings is 3. The Morgan fingerprint density at radius 3 is 2.39 bits per heavy atom. The summed E-state index contributed by atoms with van der Waals surface area (Å²) in [7, 11) is 0. The van der Waals surface area contributed by atoms with E-state index < -0.39 is 23.8 Å². The molecule has 1 aliphatic rings. The van der Waals surface area contributed by atoms with E-state index in [1.54, 1.807) is 18.2 Å². The highest BCUT2D eigenvalue weighted by Gasteiger charge is 2.48. The maximum absolute atomic E-state index is 13.2. The van der Waals surface area contributed by atoms with Crippen molar-refractivity contribution in [2.45, 2.75) is 12.3 Å². The van der Waals surface area contributed by atoms with Gasteiger partial charge in [0.15, 0.2) is 0 Å². The van der Waals surface area contributed by atoms with E-state index in [2.05, 4.69) is 0 Å². The van der Waals surface area contributed by atoms with Crippen molar-refractivity contribution in [1.82, 2.24) is 0 Å². The molecule has 28 heavy (non-hydrogen) atoms. The zero-order valence-electron chi connectivity index (χ0n) is 14.2. The van der Waals surface area contributed by atoms with Crippen molar-refractivity contribution in [1.29, 1.82) is 0 Å². The lowest BCUT2D eigenvalue weighted by Crippen LogP contribution is -2.40. The first-order chi connectivity index (χ1) is 13.3. The second kappa shape index (κ2) is 6.60. The molecule has 3 aromatic rings. The van der Waals surface area contributed by atoms with Crippen LogP contribution in [0, 0.1) is 0 Å². The maximum atomic E-state index is 13.2. The molecule has 1 aliphatic heterocycles. The Bertz CT molecular complexity index is 1100. The predicted octanol–water partition coefficient (Wildman–Crippen LogP) is 5.42. The molecule has 1 N–H and O–H groups in total. The van der Waals surface area contributed by atoms with E-state index in [1.165, 1.54) is 12.1 Å². The second-order valence-corrected chi connectivity index (χ2v) is 6.19. The van der Waals surface area contributed by atoms with Gasteiger partial charge in [-0.2, -0.15) is 13.2 Å². The van der Waals surface area contributed by atoms with Crippen molar-refractivity contribution >= 4 is 22.8 Å². The van der Waals surface area contributed by atoms with Crippen LogP contribution in [0.4, 0.5) is 13.2 Å². The molecule has 0 aromatic heterocycles. The van der Waals surface area contributed by atoms with Crippen LogP contribution in [0.1, 0.15) is 5.56 Å². The SMILES string of the molecule is O=C(O)C1=Cc2c(Oc3cccc4ccccc34)cccc2OC1C(F)(F)F. The molecule has 1 atom stereocenters. The Balaban J connectivity index is 1.81. The van der Waals surface area contributed by atoms with Crippen LogP contribution in [-0.2, 0) is 4.79 Å². The smallest absolute Gasteiger partial charge is 0.430 e. The van der Waals surface area contributed by atoms with Gasteiger partial charge in [-0.1, -0.05) is 42.5 Å². The van der Waals surface area contributed by atoms with Crippen molar-refractivity contribution < 1.29 is 32.5 Å². The Morgan fingerprint density at radius 1 is 0.964 bits per heavy atom. The number of halogens is 3. The summed E-state index contributed by atoms with van der Waals surface area (Å²) in [6, 6.07) is 17.3. The number of ether oxygens (including phenoxy) is 2. The number of aliphatic carboxylic acids is 1. The van der Waals surface area contributed by atoms with E-state index in [4.69, 9.17) is 9.47 Å². The van der Waals surface area contributed by atoms with Crippen LogP contribution in [0.25, 0.3) is 16.8 Å². The number of hydrogen-bond donors (Lipinski definition) is 1. The molecule has 0 saturated heterocycles. The highest BCUT2D eigenvalue weighted by atomic mass is 19.4. The van der Waals surface area contributed by atoms with Crippen LogP contribution < -0.4 is 9.47 Å². The van der Waals surface area contributed by atoms with Gasteiger partial charge in [-0.3, -0.25) is 0 Å². The average Bonchev–Trinajstić information content (AvgIpc) is 2.67. The van der Waals surface area contributed by atoms with Gasteiger partial charge in [0.25, 0.3) is 0 Å². The zero-order valence-corrected chi connectivity index (χ0v) is 14.2. The fraction of sp³-hybridized carbons (Fsp3) is 0.0952. The van der Waals surface area contributed by atoms with Gasteiger partial charge in [0, 0.05) is 5.39 Å². The molecule has 3 aromatic carbocycles. The summed E-state index contributed by atoms with van der Waals surface area (Å²) in [5, 5.41) is 11.0. The normalized spacial score (nSPS) is 16.1. The number of fused-ring (bicyclic) bond motifs is 2. The summed E-state index contributed by atoms with van der Waals surface area (Å²) in [4.78, 5) is 11.4. The van der Waals surface area contributed by atoms with E-state index in [1.807, 2.05) is 30.3 Å². The van der Waals surface area contributed by atoms with Crippen molar-refractivity contribution in [2.75, 3.05) is 0 Å². The van der Waals surface area contributed by atoms with Gasteiger partial charge in [-0.25, -0.2) is 4.79 Å². The Labute approximate surface area is 157 Å². The number of hydrogen-bond acceptors (Lipinski definition) is 3. The molecule has 4 nitrogen and oxygen atoms in total. The van der Waals surface area contributed by atoms with Crippen LogP contribution >= 0.6 is 0 Å². The molecule has 142 valence electrons. The lowest BCUT2D eigenvalue weighted by atomic mass is 10.0. The minimum Gasteiger partial charge on any atom is -0.478 e. The van der Waals surface area contributed by atoms with Crippen molar-refractivity contribution in [3.8, 4) is 17.2 Å². The fourth-order valence-electron chi connectivity index (χ4n) is 3.10. The fourth-order valence-corrected chi connectivity index (χ4v) is 3.10. The monoisotopic (exact) mass is 386 g/mol. The summed E-state index contributed by atoms with van der Waals surface area (Å²) in [6.07, 6.45) is -6.43. The van der Waals surface area contributed by atoms with Gasteiger partial charge in [-0.05, 0) is 29.7 Å². The van der Waals surface area contributed by atoms with Gasteiger partial charge in [0.05, 0.1) is 11.1 Å². The van der Waals surface area contributed by atoms with Gasteiger partial charge in [0.2, 0.25) is 6.10 Å². The molecule has 0 bridgehead atoms. The first-order valence-electron chi connectivity index (χ1n) is 8.31. The van der Waals surface area contributed by atoms with Crippen LogP contribution in [0.2, 0.25) is 0 Å². The molecular weight excluding hydrogens is 373 g/mol. The zero-order chi connectivity index (χ0) is 19.9. The topological polar surface area (TPSA) is 55.8 Å². The number of rotatable bonds is 3. The third-order valence-electron chi connectivity index (χ3n) is 4.37. The van der Waals surface area contributed by atoms with Crippen LogP contribution in [-0.4, -0.2) is 23.4 Å². The highest BCUT2D eigenvalue weighted by Crippen LogP contribution is 2.42. The summed E-state index contributed by atoms with van der Waals surface area (Å²) in [5.74, 6) is -1.10. The van der Waals surface area contributed by atoms with Gasteiger partial charge in [0.1, 0.15) is 17.2 Å². The summed E-state index contributed by atoms with van der Waals surface area (Å²) < 4.78 is 50.5. The van der Waals surface area contributed by atoms with Gasteiger partial charge in [-0.15, -0.1) is 0 Å². The van der Waals surface area contributed by atoms with E-state index in [0.29, 0.717) is 5.75 Å². The summed E-state index contributed by atoms with van der Waals surface area (Å²) in [6.45, 7) is 0. The average molecular weight is 386 g/mol. The molecular formula is C21H13F3O4. The largest absolute Gasteiger partial charge is 0.478 e. The van der Waals surface area contributed by atoms with E-state index in [9.17, 15) is 23.1 Å². The Hall–Kier alpha value is -3.48. The van der Waals surface area contributed by atoms with E-state index in [-0.39, 0.29) is 17.1 Å². The van der Waals surface area contributed by atoms with Gasteiger partial charge >= 0.3 is 12.1 Å². The van der Waals surface area contributed by atoms with Crippen molar-refractivity contribution in [3.05, 3.63) is 71.8 Å². The van der Waals surface area contributed by atoms with E-state index >= 15 is 0 Å². The molecule has 1 unspecified atom stereocenters. The molecule has 0 amide bonds. The highest BCUT2D eigenvalue weighted by molar-refractivity contribution is 5.96. The Morgan fingerprint density at radius 2 is 1.64 bits per heavy atom. The molecule has 0 saturated carbocycles. The molecule has 0 aliphatic carbocycles. The maximum Gasteiger partial charge on any atom is 0.430 e. The minimum atomic E-state index is -4.85. The number of alkyl halides is 3. The first kappa shape index (κ1) is 17.9. The van der Waals surface area contributed by atoms with Crippen LogP contribution in [0.5, 0.6) is 17.2 Å². The van der Waals surface area contributed by atoms with E-state index in [0.717, 1.165) is 16.8 Å². The first-order valence-corrected chi connectivity index (χ1v) is 8.31. The van der Waals surface area contributed by atoms with Crippen molar-refractivity contribution in [2.24, 2.45) is 0 Å². The second-order valence-electron chi connectivity index (χ2n) is 6.19. The standard InChI is InChI=1S/C21H13F3O4/c22-21(23,24)19-15(20(25)26)11-14-17(9-4-10-18(14)28-19)27-16-8-3-6-12-5-1-2-7-13(12)16/h1-11,19H,(H,25,26).